The van der Waals surface area contributed by atoms with Crippen LogP contribution in [0.1, 0.15) is 49.1 Å². The lowest BCUT2D eigenvalue weighted by Crippen LogP contribution is -2.42. The van der Waals surface area contributed by atoms with E-state index in [1.807, 2.05) is 19.2 Å². The summed E-state index contributed by atoms with van der Waals surface area (Å²) >= 11 is 0. The number of hydrogen-bond acceptors (Lipinski definition) is 6. The molecular weight excluding hydrogens is 419 g/mol. The third kappa shape index (κ3) is 3.74. The number of pyridine rings is 1. The highest BCUT2D eigenvalue weighted by Crippen LogP contribution is 2.34. The molecule has 2 fully saturated rings. The molecule has 0 amide bonds. The normalized spacial score (nSPS) is 21.4. The van der Waals surface area contributed by atoms with Crippen molar-refractivity contribution in [3.63, 3.8) is 0 Å². The van der Waals surface area contributed by atoms with Gasteiger partial charge in [-0.15, -0.1) is 5.10 Å². The minimum Gasteiger partial charge on any atom is -0.371 e. The number of rotatable bonds is 5. The zero-order valence-corrected chi connectivity index (χ0v) is 17.9. The molecule has 0 saturated carbocycles. The Bertz CT molecular complexity index is 1150. The number of alkyl halides is 2. The number of morpholine rings is 1. The maximum absolute atomic E-state index is 14.7. The van der Waals surface area contributed by atoms with Gasteiger partial charge in [-0.25, -0.2) is 13.2 Å². The summed E-state index contributed by atoms with van der Waals surface area (Å²) in [6.45, 7) is 5.16. The monoisotopic (exact) mass is 443 g/mol. The highest BCUT2D eigenvalue weighted by molar-refractivity contribution is 5.92. The first kappa shape index (κ1) is 20.9. The third-order valence-corrected chi connectivity index (χ3v) is 6.29. The molecule has 0 radical (unpaired) electrons. The van der Waals surface area contributed by atoms with Crippen LogP contribution in [0, 0.1) is 12.7 Å². The van der Waals surface area contributed by atoms with Crippen molar-refractivity contribution in [2.24, 2.45) is 0 Å². The lowest BCUT2D eigenvalue weighted by molar-refractivity contribution is 0.0305. The number of nitrogens with zero attached hydrogens (tertiary/aromatic N) is 4. The van der Waals surface area contributed by atoms with Gasteiger partial charge >= 0.3 is 0 Å². The van der Waals surface area contributed by atoms with E-state index in [1.54, 1.807) is 6.92 Å². The molecule has 4 heterocycles. The van der Waals surface area contributed by atoms with E-state index in [4.69, 9.17) is 4.74 Å². The number of halogens is 3. The molecular formula is C23H24F3N5O. The van der Waals surface area contributed by atoms with Gasteiger partial charge in [-0.05, 0) is 32.8 Å². The lowest BCUT2D eigenvalue weighted by Gasteiger charge is -2.33. The van der Waals surface area contributed by atoms with Crippen molar-refractivity contribution in [3.05, 3.63) is 53.1 Å². The second-order valence-electron chi connectivity index (χ2n) is 8.50. The van der Waals surface area contributed by atoms with Gasteiger partial charge in [0.05, 0.1) is 46.9 Å². The van der Waals surface area contributed by atoms with Crippen LogP contribution in [0.4, 0.5) is 24.7 Å². The summed E-state index contributed by atoms with van der Waals surface area (Å²) in [6, 6.07) is 5.44. The van der Waals surface area contributed by atoms with Gasteiger partial charge in [-0.2, -0.15) is 5.10 Å². The molecule has 0 aliphatic carbocycles. The Morgan fingerprint density at radius 1 is 1.12 bits per heavy atom. The number of fused-ring (bicyclic) bond motifs is 3. The van der Waals surface area contributed by atoms with Crippen LogP contribution in [-0.2, 0) is 4.74 Å². The van der Waals surface area contributed by atoms with E-state index in [9.17, 15) is 13.2 Å². The van der Waals surface area contributed by atoms with Gasteiger partial charge in [0.2, 0.25) is 0 Å². The second kappa shape index (κ2) is 8.20. The summed E-state index contributed by atoms with van der Waals surface area (Å²) in [6.07, 6.45) is 1.58. The highest BCUT2D eigenvalue weighted by Gasteiger charge is 2.34. The van der Waals surface area contributed by atoms with Crippen LogP contribution in [0.2, 0.25) is 0 Å². The van der Waals surface area contributed by atoms with Crippen molar-refractivity contribution in [3.8, 4) is 0 Å². The van der Waals surface area contributed by atoms with Gasteiger partial charge in [0.1, 0.15) is 5.82 Å². The third-order valence-electron chi connectivity index (χ3n) is 6.29. The number of ether oxygens (including phenoxy) is 1. The molecule has 2 aromatic heterocycles. The van der Waals surface area contributed by atoms with E-state index in [0.29, 0.717) is 17.0 Å². The first-order chi connectivity index (χ1) is 15.4. The van der Waals surface area contributed by atoms with Crippen molar-refractivity contribution < 1.29 is 17.9 Å². The Hall–Kier alpha value is -2.94. The summed E-state index contributed by atoms with van der Waals surface area (Å²) in [7, 11) is 0. The number of benzene rings is 1. The zero-order valence-electron chi connectivity index (χ0n) is 17.9. The SMILES string of the molecule is Cc1nnc(NC(C)c2cccc(C(F)F)c2F)c2cc(N3CC4CCC(C3)O4)cnc12. The molecule has 5 rings (SSSR count). The van der Waals surface area contributed by atoms with Crippen molar-refractivity contribution in [1.82, 2.24) is 15.2 Å². The standard InChI is InChI=1S/C23H24F3N5O/c1-12(17-4-3-5-18(20(17)24)22(25)26)28-23-19-8-14(9-27-21(19)13(2)29-30-23)31-10-15-6-7-16(11-31)32-15/h3-5,8-9,12,15-16,22H,6-7,10-11H2,1-2H3,(H,28,30). The number of aromatic nitrogens is 3. The zero-order chi connectivity index (χ0) is 22.4. The molecule has 0 spiro atoms. The van der Waals surface area contributed by atoms with Crippen LogP contribution in [0.3, 0.4) is 0 Å². The Kier molecular flexibility index (Phi) is 5.36. The van der Waals surface area contributed by atoms with Gasteiger partial charge in [0, 0.05) is 24.0 Å². The summed E-state index contributed by atoms with van der Waals surface area (Å²) in [5, 5.41) is 12.4. The van der Waals surface area contributed by atoms with Gasteiger partial charge in [0.15, 0.2) is 5.82 Å². The average Bonchev–Trinajstić information content (AvgIpc) is 3.12. The van der Waals surface area contributed by atoms with E-state index in [-0.39, 0.29) is 17.8 Å². The van der Waals surface area contributed by atoms with Crippen LogP contribution in [0.15, 0.2) is 30.5 Å². The lowest BCUT2D eigenvalue weighted by atomic mass is 10.0. The fraction of sp³-hybridized carbons (Fsp3) is 0.435. The largest absolute Gasteiger partial charge is 0.371 e. The van der Waals surface area contributed by atoms with Crippen LogP contribution in [-0.4, -0.2) is 40.5 Å². The van der Waals surface area contributed by atoms with Gasteiger partial charge in [0.25, 0.3) is 6.43 Å². The molecule has 1 aromatic carbocycles. The van der Waals surface area contributed by atoms with Gasteiger partial charge in [-0.3, -0.25) is 4.98 Å². The minimum absolute atomic E-state index is 0.146. The number of nitrogens with one attached hydrogen (secondary N) is 1. The molecule has 6 nitrogen and oxygen atoms in total. The molecule has 3 atom stereocenters. The van der Waals surface area contributed by atoms with Crippen molar-refractivity contribution in [2.45, 2.75) is 51.4 Å². The summed E-state index contributed by atoms with van der Waals surface area (Å²) in [5.74, 6) is -0.472. The topological polar surface area (TPSA) is 63.2 Å². The first-order valence-corrected chi connectivity index (χ1v) is 10.8. The van der Waals surface area contributed by atoms with Crippen molar-refractivity contribution >= 4 is 22.4 Å². The first-order valence-electron chi connectivity index (χ1n) is 10.8. The van der Waals surface area contributed by atoms with E-state index in [0.717, 1.165) is 43.1 Å². The molecule has 2 aliphatic rings. The molecule has 168 valence electrons. The summed E-state index contributed by atoms with van der Waals surface area (Å²) in [4.78, 5) is 6.89. The molecule has 1 N–H and O–H groups in total. The quantitative estimate of drug-likeness (QED) is 0.602. The number of anilines is 2. The predicted molar refractivity (Wildman–Crippen MR) is 116 cm³/mol. The Morgan fingerprint density at radius 3 is 2.56 bits per heavy atom. The van der Waals surface area contributed by atoms with Crippen LogP contribution >= 0.6 is 0 Å². The van der Waals surface area contributed by atoms with E-state index in [1.165, 1.54) is 12.1 Å². The van der Waals surface area contributed by atoms with Crippen molar-refractivity contribution in [1.29, 1.82) is 0 Å². The molecule has 32 heavy (non-hydrogen) atoms. The van der Waals surface area contributed by atoms with Crippen LogP contribution < -0.4 is 10.2 Å². The molecule has 2 aliphatic heterocycles. The van der Waals surface area contributed by atoms with E-state index < -0.39 is 23.8 Å². The number of hydrogen-bond donors (Lipinski definition) is 1. The second-order valence-corrected chi connectivity index (χ2v) is 8.50. The number of aryl methyl sites for hydroxylation is 1. The summed E-state index contributed by atoms with van der Waals surface area (Å²) < 4.78 is 46.8. The molecule has 2 bridgehead atoms. The van der Waals surface area contributed by atoms with Crippen LogP contribution in [0.5, 0.6) is 0 Å². The van der Waals surface area contributed by atoms with E-state index >= 15 is 0 Å². The maximum Gasteiger partial charge on any atom is 0.266 e. The fourth-order valence-electron chi connectivity index (χ4n) is 4.61. The molecule has 9 heteroatoms. The van der Waals surface area contributed by atoms with Gasteiger partial charge in [-0.1, -0.05) is 18.2 Å². The predicted octanol–water partition coefficient (Wildman–Crippen LogP) is 4.95. The fourth-order valence-corrected chi connectivity index (χ4v) is 4.61. The average molecular weight is 443 g/mol. The van der Waals surface area contributed by atoms with Crippen LogP contribution in [0.25, 0.3) is 10.9 Å². The Labute approximate surface area is 183 Å². The van der Waals surface area contributed by atoms with Gasteiger partial charge < -0.3 is 15.0 Å². The highest BCUT2D eigenvalue weighted by atomic mass is 19.3. The van der Waals surface area contributed by atoms with E-state index in [2.05, 4.69) is 25.4 Å². The smallest absolute Gasteiger partial charge is 0.266 e. The maximum atomic E-state index is 14.7. The molecule has 2 saturated heterocycles. The summed E-state index contributed by atoms with van der Waals surface area (Å²) in [5.41, 5.74) is 1.87. The van der Waals surface area contributed by atoms with Crippen molar-refractivity contribution in [2.75, 3.05) is 23.3 Å². The Morgan fingerprint density at radius 2 is 1.84 bits per heavy atom. The Balaban J connectivity index is 1.49. The molecule has 3 aromatic rings. The minimum atomic E-state index is -2.88. The molecule has 3 unspecified atom stereocenters.